The van der Waals surface area contributed by atoms with Gasteiger partial charge in [-0.25, -0.2) is 13.2 Å². The van der Waals surface area contributed by atoms with Crippen LogP contribution in [0.4, 0.5) is 43.9 Å². The van der Waals surface area contributed by atoms with Gasteiger partial charge < -0.3 is 0 Å². The predicted octanol–water partition coefficient (Wildman–Crippen LogP) is 3.47. The summed E-state index contributed by atoms with van der Waals surface area (Å²) >= 11 is 0. The molecule has 0 aromatic carbocycles. The largest absolute Gasteiger partial charge is 0.434 e. The Morgan fingerprint density at radius 1 is 0.562 bits per heavy atom. The summed E-state index contributed by atoms with van der Waals surface area (Å²) in [4.78, 5) is 0. The number of alkyl halides is 10. The van der Waals surface area contributed by atoms with E-state index in [1.807, 2.05) is 0 Å². The first kappa shape index (κ1) is 15.3. The summed E-state index contributed by atoms with van der Waals surface area (Å²) in [6, 6.07) is 0. The van der Waals surface area contributed by atoms with Crippen molar-refractivity contribution in [3.8, 4) is 0 Å². The first-order chi connectivity index (χ1) is 6.87. The van der Waals surface area contributed by atoms with Crippen molar-refractivity contribution in [1.82, 2.24) is 0 Å². The third kappa shape index (κ3) is 1.93. The Hall–Kier alpha value is -0.700. The highest BCUT2D eigenvalue weighted by molar-refractivity contribution is 5.09. The summed E-state index contributed by atoms with van der Waals surface area (Å²) in [6.07, 6.45) is -6.82. The molecule has 0 aromatic heterocycles. The summed E-state index contributed by atoms with van der Waals surface area (Å²) in [5.41, 5.74) is -6.59. The van der Waals surface area contributed by atoms with Gasteiger partial charge in [0.2, 0.25) is 0 Å². The predicted molar refractivity (Wildman–Crippen MR) is 31.7 cm³/mol. The molecule has 0 atom stereocenters. The molecular formula is C6H4F10. The maximum absolute atomic E-state index is 12.8. The third-order valence-corrected chi connectivity index (χ3v) is 1.73. The Kier molecular flexibility index (Phi) is 3.78. The quantitative estimate of drug-likeness (QED) is 0.683. The summed E-state index contributed by atoms with van der Waals surface area (Å²) in [6.45, 7) is -6.67. The van der Waals surface area contributed by atoms with Crippen molar-refractivity contribution in [3.63, 3.8) is 0 Å². The average molecular weight is 266 g/mol. The van der Waals surface area contributed by atoms with Gasteiger partial charge in [0.05, 0.1) is 0 Å². The second kappa shape index (κ2) is 3.95. The number of hydrogen-bond acceptors (Lipinski definition) is 0. The molecule has 0 unspecified atom stereocenters. The monoisotopic (exact) mass is 266 g/mol. The van der Waals surface area contributed by atoms with Crippen LogP contribution in [0, 0.1) is 0 Å². The summed E-state index contributed by atoms with van der Waals surface area (Å²) in [5.74, 6) is -12.2. The van der Waals surface area contributed by atoms with E-state index in [1.54, 1.807) is 0 Å². The van der Waals surface area contributed by atoms with Crippen LogP contribution in [0.5, 0.6) is 0 Å². The van der Waals surface area contributed by atoms with E-state index in [0.717, 1.165) is 0 Å². The van der Waals surface area contributed by atoms with E-state index in [-0.39, 0.29) is 0 Å². The van der Waals surface area contributed by atoms with E-state index < -0.39 is 37.0 Å². The van der Waals surface area contributed by atoms with Crippen LogP contribution in [0.15, 0.2) is 0 Å². The first-order valence-corrected chi connectivity index (χ1v) is 3.50. The fourth-order valence-corrected chi connectivity index (χ4v) is 0.866. The van der Waals surface area contributed by atoms with Crippen molar-refractivity contribution < 1.29 is 43.9 Å². The van der Waals surface area contributed by atoms with Crippen LogP contribution in [0.3, 0.4) is 0 Å². The Morgan fingerprint density at radius 2 is 0.812 bits per heavy atom. The van der Waals surface area contributed by atoms with Crippen molar-refractivity contribution in [2.75, 3.05) is 13.3 Å². The van der Waals surface area contributed by atoms with E-state index in [2.05, 4.69) is 0 Å². The highest BCUT2D eigenvalue weighted by Crippen LogP contribution is 2.54. The number of halogens is 10. The SMILES string of the molecule is FCC(F)(F)C(F)(C(F)(F)F)C(F)(F)CF. The topological polar surface area (TPSA) is 0 Å². The van der Waals surface area contributed by atoms with Crippen molar-refractivity contribution in [2.45, 2.75) is 23.7 Å². The molecule has 0 heterocycles. The highest BCUT2D eigenvalue weighted by Gasteiger charge is 2.82. The summed E-state index contributed by atoms with van der Waals surface area (Å²) in [5, 5.41) is 0. The van der Waals surface area contributed by atoms with E-state index in [4.69, 9.17) is 0 Å². The molecule has 0 N–H and O–H groups in total. The van der Waals surface area contributed by atoms with Gasteiger partial charge in [-0.3, -0.25) is 0 Å². The average Bonchev–Trinajstić information content (AvgIpc) is 2.14. The van der Waals surface area contributed by atoms with Gasteiger partial charge in [-0.05, 0) is 0 Å². The molecule has 0 amide bonds. The minimum absolute atomic E-state index is 3.33. The van der Waals surface area contributed by atoms with Crippen LogP contribution in [0.25, 0.3) is 0 Å². The molecule has 0 aromatic rings. The smallest absolute Gasteiger partial charge is 0.244 e. The Labute approximate surface area is 82.2 Å². The summed E-state index contributed by atoms with van der Waals surface area (Å²) in [7, 11) is 0. The maximum atomic E-state index is 12.8. The number of hydrogen-bond donors (Lipinski definition) is 0. The van der Waals surface area contributed by atoms with E-state index in [0.29, 0.717) is 0 Å². The molecule has 0 fully saturated rings. The summed E-state index contributed by atoms with van der Waals surface area (Å²) < 4.78 is 120. The lowest BCUT2D eigenvalue weighted by atomic mass is 9.90. The lowest BCUT2D eigenvalue weighted by molar-refractivity contribution is -0.368. The highest BCUT2D eigenvalue weighted by atomic mass is 19.4. The molecule has 16 heavy (non-hydrogen) atoms. The molecule has 0 spiro atoms. The molecule has 0 aliphatic rings. The first-order valence-electron chi connectivity index (χ1n) is 3.50. The van der Waals surface area contributed by atoms with Gasteiger partial charge in [-0.2, -0.15) is 30.7 Å². The number of rotatable bonds is 4. The van der Waals surface area contributed by atoms with Crippen molar-refractivity contribution in [1.29, 1.82) is 0 Å². The molecule has 0 aliphatic heterocycles. The normalized spacial score (nSPS) is 15.4. The molecule has 0 aliphatic carbocycles. The van der Waals surface area contributed by atoms with E-state index in [9.17, 15) is 43.9 Å². The zero-order valence-electron chi connectivity index (χ0n) is 7.19. The van der Waals surface area contributed by atoms with Gasteiger partial charge >= 0.3 is 23.7 Å². The lowest BCUT2D eigenvalue weighted by Gasteiger charge is -2.37. The lowest BCUT2D eigenvalue weighted by Crippen LogP contribution is -2.67. The molecule has 0 radical (unpaired) electrons. The van der Waals surface area contributed by atoms with Gasteiger partial charge in [-0.1, -0.05) is 0 Å². The molecule has 0 bridgehead atoms. The van der Waals surface area contributed by atoms with Crippen LogP contribution in [-0.4, -0.2) is 37.0 Å². The Morgan fingerprint density at radius 3 is 0.938 bits per heavy atom. The molecule has 0 saturated heterocycles. The van der Waals surface area contributed by atoms with Crippen LogP contribution >= 0.6 is 0 Å². The van der Waals surface area contributed by atoms with Gasteiger partial charge in [0.25, 0.3) is 0 Å². The molecule has 98 valence electrons. The van der Waals surface area contributed by atoms with E-state index in [1.165, 1.54) is 0 Å². The molecular weight excluding hydrogens is 262 g/mol. The zero-order valence-corrected chi connectivity index (χ0v) is 7.19. The Bertz CT molecular complexity index is 224. The van der Waals surface area contributed by atoms with E-state index >= 15 is 0 Å². The van der Waals surface area contributed by atoms with Gasteiger partial charge in [0.15, 0.2) is 13.3 Å². The fourth-order valence-electron chi connectivity index (χ4n) is 0.866. The van der Waals surface area contributed by atoms with Gasteiger partial charge in [0, 0.05) is 0 Å². The zero-order chi connectivity index (χ0) is 13.4. The molecule has 0 rings (SSSR count). The van der Waals surface area contributed by atoms with Gasteiger partial charge in [-0.15, -0.1) is 0 Å². The van der Waals surface area contributed by atoms with Crippen molar-refractivity contribution in [3.05, 3.63) is 0 Å². The van der Waals surface area contributed by atoms with Crippen molar-refractivity contribution >= 4 is 0 Å². The Balaban J connectivity index is 5.76. The molecule has 0 nitrogen and oxygen atoms in total. The second-order valence-corrected chi connectivity index (χ2v) is 2.83. The standard InChI is InChI=1S/C6H4F10/c7-1-3(9,10)5(13,6(14,15)16)4(11,12)2-8/h1-2H2. The third-order valence-electron chi connectivity index (χ3n) is 1.73. The maximum Gasteiger partial charge on any atom is 0.434 e. The van der Waals surface area contributed by atoms with Crippen LogP contribution in [-0.2, 0) is 0 Å². The minimum atomic E-state index is -6.82. The van der Waals surface area contributed by atoms with Crippen LogP contribution in [0.2, 0.25) is 0 Å². The second-order valence-electron chi connectivity index (χ2n) is 2.83. The van der Waals surface area contributed by atoms with Crippen LogP contribution < -0.4 is 0 Å². The minimum Gasteiger partial charge on any atom is -0.244 e. The van der Waals surface area contributed by atoms with Crippen molar-refractivity contribution in [2.24, 2.45) is 0 Å². The fraction of sp³-hybridized carbons (Fsp3) is 1.00. The van der Waals surface area contributed by atoms with Crippen LogP contribution in [0.1, 0.15) is 0 Å². The molecule has 0 saturated carbocycles. The molecule has 10 heteroatoms. The van der Waals surface area contributed by atoms with Gasteiger partial charge in [0.1, 0.15) is 0 Å².